The Labute approximate surface area is 127 Å². The highest BCUT2D eigenvalue weighted by Gasteiger charge is 2.21. The molecule has 0 bridgehead atoms. The number of fused-ring (bicyclic) bond motifs is 1. The van der Waals surface area contributed by atoms with Crippen LogP contribution in [0.3, 0.4) is 0 Å². The lowest BCUT2D eigenvalue weighted by Crippen LogP contribution is -2.25. The molecule has 118 valence electrons. The molecule has 1 unspecified atom stereocenters. The minimum Gasteiger partial charge on any atom is -0.491 e. The zero-order valence-corrected chi connectivity index (χ0v) is 13.2. The second-order valence-electron chi connectivity index (χ2n) is 5.28. The average molecular weight is 293 g/mol. The van der Waals surface area contributed by atoms with Crippen LogP contribution in [0.5, 0.6) is 5.75 Å². The second kappa shape index (κ2) is 9.03. The maximum Gasteiger partial charge on any atom is 0.122 e. The number of hydrogen-bond acceptors (Lipinski definition) is 4. The average Bonchev–Trinajstić information content (AvgIpc) is 2.51. The normalized spacial score (nSPS) is 17.5. The second-order valence-corrected chi connectivity index (χ2v) is 5.28. The third-order valence-electron chi connectivity index (χ3n) is 3.83. The predicted molar refractivity (Wildman–Crippen MR) is 84.0 cm³/mol. The van der Waals surface area contributed by atoms with E-state index in [4.69, 9.17) is 14.2 Å². The van der Waals surface area contributed by atoms with Crippen LogP contribution in [0, 0.1) is 0 Å². The number of nitrogens with one attached hydrogen (secondary N) is 1. The van der Waals surface area contributed by atoms with E-state index in [2.05, 4.69) is 30.4 Å². The molecular weight excluding hydrogens is 266 g/mol. The van der Waals surface area contributed by atoms with Gasteiger partial charge in [0.25, 0.3) is 0 Å². The molecule has 0 amide bonds. The zero-order valence-electron chi connectivity index (χ0n) is 13.2. The molecule has 0 saturated heterocycles. The van der Waals surface area contributed by atoms with Gasteiger partial charge in [0.1, 0.15) is 12.4 Å². The SMILES string of the molecule is CCNC1CCCc2c(OCCOCCOC)cccc21. The molecule has 4 nitrogen and oxygen atoms in total. The molecule has 4 heteroatoms. The molecule has 0 fully saturated rings. The first-order chi connectivity index (χ1) is 10.4. The molecule has 0 spiro atoms. The van der Waals surface area contributed by atoms with Gasteiger partial charge in [-0.1, -0.05) is 19.1 Å². The smallest absolute Gasteiger partial charge is 0.122 e. The Morgan fingerprint density at radius 1 is 1.19 bits per heavy atom. The molecule has 1 aromatic carbocycles. The van der Waals surface area contributed by atoms with Crippen LogP contribution in [0.15, 0.2) is 18.2 Å². The maximum atomic E-state index is 5.92. The fourth-order valence-electron chi connectivity index (χ4n) is 2.86. The van der Waals surface area contributed by atoms with Crippen LogP contribution < -0.4 is 10.1 Å². The van der Waals surface area contributed by atoms with E-state index in [1.54, 1.807) is 7.11 Å². The van der Waals surface area contributed by atoms with Gasteiger partial charge < -0.3 is 19.5 Å². The van der Waals surface area contributed by atoms with Crippen molar-refractivity contribution in [2.75, 3.05) is 40.1 Å². The van der Waals surface area contributed by atoms with E-state index in [9.17, 15) is 0 Å². The number of rotatable bonds is 9. The number of methoxy groups -OCH3 is 1. The number of hydrogen-bond donors (Lipinski definition) is 1. The fraction of sp³-hybridized carbons (Fsp3) is 0.647. The first kappa shape index (κ1) is 16.3. The third-order valence-corrected chi connectivity index (χ3v) is 3.83. The lowest BCUT2D eigenvalue weighted by molar-refractivity contribution is 0.0542. The molecule has 0 heterocycles. The highest BCUT2D eigenvalue weighted by molar-refractivity contribution is 5.43. The molecule has 1 atom stereocenters. The first-order valence-corrected chi connectivity index (χ1v) is 7.91. The molecule has 2 rings (SSSR count). The summed E-state index contributed by atoms with van der Waals surface area (Å²) in [5.41, 5.74) is 2.77. The zero-order chi connectivity index (χ0) is 14.9. The standard InChI is InChI=1S/C17H27NO3/c1-3-18-16-8-4-7-15-14(16)6-5-9-17(15)21-13-12-20-11-10-19-2/h5-6,9,16,18H,3-4,7-8,10-13H2,1-2H3. The van der Waals surface area contributed by atoms with Crippen molar-refractivity contribution < 1.29 is 14.2 Å². The van der Waals surface area contributed by atoms with Crippen LogP contribution in [0.1, 0.15) is 36.9 Å². The summed E-state index contributed by atoms with van der Waals surface area (Å²) >= 11 is 0. The number of ether oxygens (including phenoxy) is 3. The molecule has 1 aromatic rings. The van der Waals surface area contributed by atoms with Gasteiger partial charge in [0.05, 0.1) is 19.8 Å². The number of benzene rings is 1. The van der Waals surface area contributed by atoms with Crippen LogP contribution in [0.2, 0.25) is 0 Å². The van der Waals surface area contributed by atoms with Crippen molar-refractivity contribution in [3.8, 4) is 5.75 Å². The Hall–Kier alpha value is -1.10. The molecule has 1 aliphatic carbocycles. The van der Waals surface area contributed by atoms with Gasteiger partial charge in [-0.3, -0.25) is 0 Å². The lowest BCUT2D eigenvalue weighted by atomic mass is 9.87. The van der Waals surface area contributed by atoms with Crippen LogP contribution >= 0.6 is 0 Å². The van der Waals surface area contributed by atoms with E-state index in [-0.39, 0.29) is 0 Å². The minimum atomic E-state index is 0.472. The van der Waals surface area contributed by atoms with Crippen molar-refractivity contribution in [1.82, 2.24) is 5.32 Å². The van der Waals surface area contributed by atoms with E-state index in [0.717, 1.165) is 18.7 Å². The predicted octanol–water partition coefficient (Wildman–Crippen LogP) is 2.72. The van der Waals surface area contributed by atoms with Crippen LogP contribution in [0.25, 0.3) is 0 Å². The van der Waals surface area contributed by atoms with Crippen LogP contribution in [-0.4, -0.2) is 40.1 Å². The molecule has 1 N–H and O–H groups in total. The van der Waals surface area contributed by atoms with Gasteiger partial charge in [-0.2, -0.15) is 0 Å². The van der Waals surface area contributed by atoms with Crippen molar-refractivity contribution in [3.05, 3.63) is 29.3 Å². The van der Waals surface area contributed by atoms with Crippen molar-refractivity contribution in [3.63, 3.8) is 0 Å². The van der Waals surface area contributed by atoms with Crippen molar-refractivity contribution in [2.24, 2.45) is 0 Å². The highest BCUT2D eigenvalue weighted by Crippen LogP contribution is 2.35. The molecule has 0 radical (unpaired) electrons. The van der Waals surface area contributed by atoms with Crippen molar-refractivity contribution in [2.45, 2.75) is 32.2 Å². The Balaban J connectivity index is 1.90. The highest BCUT2D eigenvalue weighted by atomic mass is 16.5. The van der Waals surface area contributed by atoms with Gasteiger partial charge in [-0.25, -0.2) is 0 Å². The fourth-order valence-corrected chi connectivity index (χ4v) is 2.86. The summed E-state index contributed by atoms with van der Waals surface area (Å²) < 4.78 is 16.3. The third kappa shape index (κ3) is 4.70. The quantitative estimate of drug-likeness (QED) is 0.711. The van der Waals surface area contributed by atoms with Gasteiger partial charge in [-0.05, 0) is 43.0 Å². The van der Waals surface area contributed by atoms with E-state index < -0.39 is 0 Å². The summed E-state index contributed by atoms with van der Waals surface area (Å²) in [7, 11) is 1.68. The van der Waals surface area contributed by atoms with Crippen molar-refractivity contribution in [1.29, 1.82) is 0 Å². The molecular formula is C17H27NO3. The van der Waals surface area contributed by atoms with Crippen molar-refractivity contribution >= 4 is 0 Å². The summed E-state index contributed by atoms with van der Waals surface area (Å²) in [5.74, 6) is 1.02. The molecule has 0 saturated carbocycles. The maximum absolute atomic E-state index is 5.92. The Kier molecular flexibility index (Phi) is 7.00. The molecule has 0 aromatic heterocycles. The first-order valence-electron chi connectivity index (χ1n) is 7.91. The van der Waals surface area contributed by atoms with Gasteiger partial charge in [0.15, 0.2) is 0 Å². The van der Waals surface area contributed by atoms with E-state index >= 15 is 0 Å². The lowest BCUT2D eigenvalue weighted by Gasteiger charge is -2.27. The molecule has 0 aliphatic heterocycles. The van der Waals surface area contributed by atoms with Gasteiger partial charge >= 0.3 is 0 Å². The summed E-state index contributed by atoms with van der Waals surface area (Å²) in [6.45, 7) is 5.60. The Morgan fingerprint density at radius 3 is 2.86 bits per heavy atom. The topological polar surface area (TPSA) is 39.7 Å². The molecule has 1 aliphatic rings. The minimum absolute atomic E-state index is 0.472. The van der Waals surface area contributed by atoms with Crippen LogP contribution in [-0.2, 0) is 15.9 Å². The van der Waals surface area contributed by atoms with E-state index in [1.807, 2.05) is 0 Å². The largest absolute Gasteiger partial charge is 0.491 e. The van der Waals surface area contributed by atoms with Crippen LogP contribution in [0.4, 0.5) is 0 Å². The Bertz CT molecular complexity index is 422. The summed E-state index contributed by atoms with van der Waals surface area (Å²) in [4.78, 5) is 0. The molecule has 21 heavy (non-hydrogen) atoms. The Morgan fingerprint density at radius 2 is 2.05 bits per heavy atom. The monoisotopic (exact) mass is 293 g/mol. The summed E-state index contributed by atoms with van der Waals surface area (Å²) in [6.07, 6.45) is 3.54. The van der Waals surface area contributed by atoms with Gasteiger partial charge in [0, 0.05) is 13.2 Å². The van der Waals surface area contributed by atoms with E-state index in [0.29, 0.717) is 32.5 Å². The van der Waals surface area contributed by atoms with E-state index in [1.165, 1.54) is 24.0 Å². The summed E-state index contributed by atoms with van der Waals surface area (Å²) in [6, 6.07) is 6.86. The van der Waals surface area contributed by atoms with Gasteiger partial charge in [-0.15, -0.1) is 0 Å². The summed E-state index contributed by atoms with van der Waals surface area (Å²) in [5, 5.41) is 3.56. The van der Waals surface area contributed by atoms with Gasteiger partial charge in [0.2, 0.25) is 0 Å².